The van der Waals surface area contributed by atoms with E-state index in [1.807, 2.05) is 0 Å². The van der Waals surface area contributed by atoms with Crippen molar-refractivity contribution >= 4 is 24.1 Å². The number of carbonyl (C=O) groups is 1. The van der Waals surface area contributed by atoms with Crippen LogP contribution in [0, 0.1) is 4.91 Å². The van der Waals surface area contributed by atoms with Crippen LogP contribution < -0.4 is 14.8 Å². The van der Waals surface area contributed by atoms with Crippen LogP contribution in [0.15, 0.2) is 23.5 Å². The summed E-state index contributed by atoms with van der Waals surface area (Å²) in [5.74, 6) is 1.20. The van der Waals surface area contributed by atoms with Crippen molar-refractivity contribution in [2.45, 2.75) is 0 Å². The molecule has 1 aromatic rings. The SMILES string of the molecule is CN(N=O)C(=O)Nc1ccc2c(c1)OCCO2.Cl. The van der Waals surface area contributed by atoms with E-state index in [0.717, 1.165) is 0 Å². The van der Waals surface area contributed by atoms with E-state index < -0.39 is 6.03 Å². The highest BCUT2D eigenvalue weighted by atomic mass is 35.5. The molecule has 1 aliphatic heterocycles. The molecule has 0 spiro atoms. The molecule has 18 heavy (non-hydrogen) atoms. The van der Waals surface area contributed by atoms with Crippen molar-refractivity contribution in [1.29, 1.82) is 0 Å². The second-order valence-electron chi connectivity index (χ2n) is 3.39. The Morgan fingerprint density at radius 2 is 2.00 bits per heavy atom. The Bertz CT molecular complexity index is 455. The van der Waals surface area contributed by atoms with Crippen molar-refractivity contribution in [3.63, 3.8) is 0 Å². The van der Waals surface area contributed by atoms with Crippen LogP contribution in [0.25, 0.3) is 0 Å². The zero-order valence-electron chi connectivity index (χ0n) is 9.58. The summed E-state index contributed by atoms with van der Waals surface area (Å²) in [5.41, 5.74) is 0.509. The van der Waals surface area contributed by atoms with E-state index in [4.69, 9.17) is 9.47 Å². The van der Waals surface area contributed by atoms with Gasteiger partial charge in [0.15, 0.2) is 11.5 Å². The molecule has 0 aliphatic carbocycles. The summed E-state index contributed by atoms with van der Waals surface area (Å²) < 4.78 is 10.7. The van der Waals surface area contributed by atoms with Crippen molar-refractivity contribution in [2.24, 2.45) is 5.29 Å². The number of nitrogens with zero attached hydrogens (tertiary/aromatic N) is 2. The number of ether oxygens (including phenoxy) is 2. The molecule has 0 fully saturated rings. The molecule has 0 saturated heterocycles. The van der Waals surface area contributed by atoms with Crippen LogP contribution in [-0.4, -0.2) is 31.3 Å². The summed E-state index contributed by atoms with van der Waals surface area (Å²) in [6, 6.07) is 4.37. The van der Waals surface area contributed by atoms with Gasteiger partial charge in [-0.05, 0) is 12.1 Å². The lowest BCUT2D eigenvalue weighted by molar-refractivity contribution is 0.171. The average Bonchev–Trinajstić information content (AvgIpc) is 2.37. The highest BCUT2D eigenvalue weighted by Crippen LogP contribution is 2.32. The van der Waals surface area contributed by atoms with Crippen LogP contribution in [0.1, 0.15) is 0 Å². The van der Waals surface area contributed by atoms with E-state index in [0.29, 0.717) is 35.4 Å². The highest BCUT2D eigenvalue weighted by molar-refractivity contribution is 5.89. The molecule has 1 heterocycles. The van der Waals surface area contributed by atoms with Gasteiger partial charge < -0.3 is 14.8 Å². The van der Waals surface area contributed by atoms with Crippen molar-refractivity contribution in [3.05, 3.63) is 23.1 Å². The van der Waals surface area contributed by atoms with E-state index in [9.17, 15) is 9.70 Å². The molecule has 7 nitrogen and oxygen atoms in total. The fourth-order valence-electron chi connectivity index (χ4n) is 1.36. The molecule has 1 aromatic carbocycles. The Hall–Kier alpha value is -2.02. The van der Waals surface area contributed by atoms with Crippen molar-refractivity contribution < 1.29 is 14.3 Å². The van der Waals surface area contributed by atoms with E-state index >= 15 is 0 Å². The number of anilines is 1. The number of hydrogen-bond acceptors (Lipinski definition) is 5. The molecule has 0 saturated carbocycles. The number of halogens is 1. The number of carbonyl (C=O) groups excluding carboxylic acids is 1. The van der Waals surface area contributed by atoms with Crippen molar-refractivity contribution in [2.75, 3.05) is 25.6 Å². The molecule has 0 aromatic heterocycles. The number of benzene rings is 1. The monoisotopic (exact) mass is 273 g/mol. The molecule has 1 N–H and O–H groups in total. The maximum absolute atomic E-state index is 11.4. The Morgan fingerprint density at radius 1 is 1.33 bits per heavy atom. The third kappa shape index (κ3) is 3.01. The van der Waals surface area contributed by atoms with Gasteiger partial charge in [0.2, 0.25) is 0 Å². The maximum atomic E-state index is 11.4. The third-order valence-electron chi connectivity index (χ3n) is 2.21. The number of nitrogens with one attached hydrogen (secondary N) is 1. The minimum absolute atomic E-state index is 0. The predicted molar refractivity (Wildman–Crippen MR) is 67.3 cm³/mol. The topological polar surface area (TPSA) is 80.2 Å². The van der Waals surface area contributed by atoms with Gasteiger partial charge in [0, 0.05) is 18.8 Å². The summed E-state index contributed by atoms with van der Waals surface area (Å²) >= 11 is 0. The standard InChI is InChI=1S/C10H11N3O4.ClH/c1-13(12-15)10(14)11-7-2-3-8-9(6-7)17-5-4-16-8;/h2-3,6H,4-5H2,1H3,(H,11,14);1H. The Morgan fingerprint density at radius 3 is 2.67 bits per heavy atom. The van der Waals surface area contributed by atoms with Crippen molar-refractivity contribution in [1.82, 2.24) is 5.01 Å². The molecular formula is C10H12ClN3O4. The molecule has 1 aliphatic rings. The number of rotatable bonds is 2. The van der Waals surface area contributed by atoms with E-state index in [1.54, 1.807) is 18.2 Å². The smallest absolute Gasteiger partial charge is 0.344 e. The number of hydrogen-bond donors (Lipinski definition) is 1. The highest BCUT2D eigenvalue weighted by Gasteiger charge is 2.14. The molecule has 0 atom stereocenters. The summed E-state index contributed by atoms with van der Waals surface area (Å²) in [5, 5.41) is 5.65. The number of urea groups is 1. The van der Waals surface area contributed by atoms with Gasteiger partial charge in [0.25, 0.3) is 0 Å². The van der Waals surface area contributed by atoms with Gasteiger partial charge in [-0.3, -0.25) is 0 Å². The Balaban J connectivity index is 0.00000162. The van der Waals surface area contributed by atoms with Gasteiger partial charge in [-0.2, -0.15) is 5.01 Å². The Labute approximate surface area is 109 Å². The van der Waals surface area contributed by atoms with Gasteiger partial charge in [0.05, 0.1) is 5.29 Å². The largest absolute Gasteiger partial charge is 0.486 e. The zero-order valence-corrected chi connectivity index (χ0v) is 10.4. The van der Waals surface area contributed by atoms with Gasteiger partial charge in [-0.15, -0.1) is 17.3 Å². The fourth-order valence-corrected chi connectivity index (χ4v) is 1.36. The van der Waals surface area contributed by atoms with E-state index in [2.05, 4.69) is 10.6 Å². The number of fused-ring (bicyclic) bond motifs is 1. The van der Waals surface area contributed by atoms with Crippen LogP contribution >= 0.6 is 12.4 Å². The predicted octanol–water partition coefficient (Wildman–Crippen LogP) is 2.02. The van der Waals surface area contributed by atoms with Crippen LogP contribution in [-0.2, 0) is 0 Å². The quantitative estimate of drug-likeness (QED) is 0.660. The molecule has 0 radical (unpaired) electrons. The minimum atomic E-state index is -0.614. The molecule has 8 heteroatoms. The first-order valence-electron chi connectivity index (χ1n) is 4.98. The fraction of sp³-hybridized carbons (Fsp3) is 0.300. The zero-order chi connectivity index (χ0) is 12.3. The first-order chi connectivity index (χ1) is 8.20. The van der Waals surface area contributed by atoms with Crippen LogP contribution in [0.3, 0.4) is 0 Å². The lowest BCUT2D eigenvalue weighted by atomic mass is 10.2. The van der Waals surface area contributed by atoms with Gasteiger partial charge in [-0.25, -0.2) is 4.79 Å². The maximum Gasteiger partial charge on any atom is 0.344 e. The number of nitroso groups, excluding NO2 is 1. The normalized spacial score (nSPS) is 12.1. The number of amides is 2. The summed E-state index contributed by atoms with van der Waals surface area (Å²) in [6.07, 6.45) is 0. The Kier molecular flexibility index (Phi) is 4.73. The van der Waals surface area contributed by atoms with Gasteiger partial charge in [-0.1, -0.05) is 0 Å². The molecule has 2 rings (SSSR count). The first-order valence-corrected chi connectivity index (χ1v) is 4.98. The molecule has 2 amide bonds. The van der Waals surface area contributed by atoms with E-state index in [-0.39, 0.29) is 12.4 Å². The van der Waals surface area contributed by atoms with Crippen LogP contribution in [0.4, 0.5) is 10.5 Å². The van der Waals surface area contributed by atoms with Gasteiger partial charge >= 0.3 is 6.03 Å². The lowest BCUT2D eigenvalue weighted by Gasteiger charge is -2.19. The molecular weight excluding hydrogens is 262 g/mol. The van der Waals surface area contributed by atoms with Gasteiger partial charge in [0.1, 0.15) is 13.2 Å². The minimum Gasteiger partial charge on any atom is -0.486 e. The lowest BCUT2D eigenvalue weighted by Crippen LogP contribution is -2.26. The molecule has 0 bridgehead atoms. The second-order valence-corrected chi connectivity index (χ2v) is 3.39. The second kappa shape index (κ2) is 6.06. The van der Waals surface area contributed by atoms with E-state index in [1.165, 1.54) is 7.05 Å². The van der Waals surface area contributed by atoms with Crippen LogP contribution in [0.2, 0.25) is 0 Å². The third-order valence-corrected chi connectivity index (χ3v) is 2.21. The summed E-state index contributed by atoms with van der Waals surface area (Å²) in [7, 11) is 1.26. The first kappa shape index (κ1) is 14.0. The van der Waals surface area contributed by atoms with Crippen LogP contribution in [0.5, 0.6) is 11.5 Å². The molecule has 98 valence electrons. The molecule has 0 unspecified atom stereocenters. The summed E-state index contributed by atoms with van der Waals surface area (Å²) in [4.78, 5) is 21.5. The van der Waals surface area contributed by atoms with Crippen molar-refractivity contribution in [3.8, 4) is 11.5 Å². The summed E-state index contributed by atoms with van der Waals surface area (Å²) in [6.45, 7) is 0.983. The average molecular weight is 274 g/mol.